The maximum absolute atomic E-state index is 12.0. The fourth-order valence-corrected chi connectivity index (χ4v) is 3.79. The number of carbonyl (C=O) groups is 1. The molecule has 2 heterocycles. The second-order valence-electron chi connectivity index (χ2n) is 5.05. The number of nitrogens with zero attached hydrogens (tertiary/aromatic N) is 1. The van der Waals surface area contributed by atoms with E-state index in [4.69, 9.17) is 16.0 Å². The molecule has 1 aromatic heterocycles. The largest absolute Gasteiger partial charge is 0.469 e. The average molecular weight is 345 g/mol. The molecule has 2 aromatic rings. The van der Waals surface area contributed by atoms with Crippen molar-refractivity contribution < 1.29 is 9.21 Å². The second-order valence-corrected chi connectivity index (χ2v) is 6.45. The molecule has 116 valence electrons. The average Bonchev–Trinajstić information content (AvgIpc) is 3.08. The van der Waals surface area contributed by atoms with Crippen molar-refractivity contribution in [2.45, 2.75) is 18.1 Å². The van der Waals surface area contributed by atoms with Crippen LogP contribution in [0.1, 0.15) is 23.7 Å². The third kappa shape index (κ3) is 3.44. The summed E-state index contributed by atoms with van der Waals surface area (Å²) in [5.74, 6) is 0.752. The summed E-state index contributed by atoms with van der Waals surface area (Å²) in [5, 5.41) is 13.6. The highest BCUT2D eigenvalue weighted by atomic mass is 35.5. The zero-order valence-electron chi connectivity index (χ0n) is 12.1. The predicted molar refractivity (Wildman–Crippen MR) is 89.6 cm³/mol. The zero-order valence-corrected chi connectivity index (χ0v) is 13.7. The van der Waals surface area contributed by atoms with Gasteiger partial charge in [-0.3, -0.25) is 4.79 Å². The third-order valence-electron chi connectivity index (χ3n) is 3.57. The van der Waals surface area contributed by atoms with E-state index in [-0.39, 0.29) is 18.2 Å². The van der Waals surface area contributed by atoms with Gasteiger partial charge in [0.1, 0.15) is 5.76 Å². The number of rotatable bonds is 4. The molecule has 6 heteroatoms. The van der Waals surface area contributed by atoms with Crippen molar-refractivity contribution >= 4 is 29.3 Å². The van der Waals surface area contributed by atoms with Gasteiger partial charge in [0.2, 0.25) is 5.91 Å². The molecule has 0 aliphatic carbocycles. The molecule has 0 spiro atoms. The van der Waals surface area contributed by atoms with E-state index < -0.39 is 0 Å². The van der Waals surface area contributed by atoms with E-state index in [1.807, 2.05) is 24.3 Å². The zero-order chi connectivity index (χ0) is 16.2. The number of carbonyl (C=O) groups excluding carboxylic acids is 1. The van der Waals surface area contributed by atoms with Crippen LogP contribution in [0.15, 0.2) is 57.7 Å². The monoisotopic (exact) mass is 344 g/mol. The molecule has 3 rings (SSSR count). The first-order valence-corrected chi connectivity index (χ1v) is 8.39. The molecule has 0 fully saturated rings. The van der Waals surface area contributed by atoms with Crippen LogP contribution in [0.4, 0.5) is 0 Å². The number of nitriles is 1. The SMILES string of the molecule is N#CC1=C(SCc2ccccc2Cl)NC(=O)CC1c1ccco1. The molecule has 0 saturated carbocycles. The van der Waals surface area contributed by atoms with Crippen LogP contribution in [0, 0.1) is 11.3 Å². The smallest absolute Gasteiger partial charge is 0.225 e. The molecule has 1 atom stereocenters. The Labute approximate surface area is 143 Å². The molecular weight excluding hydrogens is 332 g/mol. The van der Waals surface area contributed by atoms with E-state index in [0.29, 0.717) is 27.1 Å². The van der Waals surface area contributed by atoms with E-state index in [2.05, 4.69) is 11.4 Å². The summed E-state index contributed by atoms with van der Waals surface area (Å²) >= 11 is 7.56. The van der Waals surface area contributed by atoms with E-state index in [0.717, 1.165) is 5.56 Å². The van der Waals surface area contributed by atoms with Crippen molar-refractivity contribution in [3.8, 4) is 6.07 Å². The van der Waals surface area contributed by atoms with Crippen molar-refractivity contribution in [2.75, 3.05) is 0 Å². The van der Waals surface area contributed by atoms with Gasteiger partial charge in [-0.15, -0.1) is 11.8 Å². The van der Waals surface area contributed by atoms with Gasteiger partial charge in [0, 0.05) is 17.2 Å². The van der Waals surface area contributed by atoms with Gasteiger partial charge in [0.15, 0.2) is 0 Å². The minimum atomic E-state index is -0.336. The first-order chi connectivity index (χ1) is 11.2. The van der Waals surface area contributed by atoms with Gasteiger partial charge in [-0.2, -0.15) is 5.26 Å². The van der Waals surface area contributed by atoms with Crippen molar-refractivity contribution in [1.29, 1.82) is 5.26 Å². The Morgan fingerprint density at radius 3 is 2.87 bits per heavy atom. The molecule has 1 aliphatic rings. The van der Waals surface area contributed by atoms with Gasteiger partial charge >= 0.3 is 0 Å². The number of halogens is 1. The highest BCUT2D eigenvalue weighted by Crippen LogP contribution is 2.37. The Hall–Kier alpha value is -2.16. The van der Waals surface area contributed by atoms with E-state index in [1.165, 1.54) is 11.8 Å². The summed E-state index contributed by atoms with van der Waals surface area (Å²) in [7, 11) is 0. The lowest BCUT2D eigenvalue weighted by molar-refractivity contribution is -0.120. The van der Waals surface area contributed by atoms with E-state index in [9.17, 15) is 10.1 Å². The Morgan fingerprint density at radius 2 is 2.17 bits per heavy atom. The van der Waals surface area contributed by atoms with Crippen molar-refractivity contribution in [3.05, 3.63) is 69.6 Å². The van der Waals surface area contributed by atoms with Crippen LogP contribution in [-0.4, -0.2) is 5.91 Å². The molecule has 1 N–H and O–H groups in total. The van der Waals surface area contributed by atoms with Crippen LogP contribution < -0.4 is 5.32 Å². The number of nitrogens with one attached hydrogen (secondary N) is 1. The molecule has 0 bridgehead atoms. The summed E-state index contributed by atoms with van der Waals surface area (Å²) in [4.78, 5) is 12.0. The third-order valence-corrected chi connectivity index (χ3v) is 5.01. The summed E-state index contributed by atoms with van der Waals surface area (Å²) in [6.45, 7) is 0. The molecule has 0 radical (unpaired) electrons. The van der Waals surface area contributed by atoms with Gasteiger partial charge in [-0.1, -0.05) is 29.8 Å². The first kappa shape index (κ1) is 15.7. The second kappa shape index (κ2) is 6.95. The Kier molecular flexibility index (Phi) is 4.75. The number of thioether (sulfide) groups is 1. The predicted octanol–water partition coefficient (Wildman–Crippen LogP) is 4.21. The Morgan fingerprint density at radius 1 is 1.35 bits per heavy atom. The van der Waals surface area contributed by atoms with Crippen LogP contribution in [0.2, 0.25) is 5.02 Å². The number of hydrogen-bond acceptors (Lipinski definition) is 4. The van der Waals surface area contributed by atoms with Crippen LogP contribution in [0.5, 0.6) is 0 Å². The first-order valence-electron chi connectivity index (χ1n) is 7.02. The van der Waals surface area contributed by atoms with Crippen molar-refractivity contribution in [2.24, 2.45) is 0 Å². The molecule has 1 aliphatic heterocycles. The topological polar surface area (TPSA) is 66.0 Å². The summed E-state index contributed by atoms with van der Waals surface area (Å²) in [6.07, 6.45) is 1.76. The van der Waals surface area contributed by atoms with Crippen molar-refractivity contribution in [3.63, 3.8) is 0 Å². The standard InChI is InChI=1S/C17H13ClN2O2S/c18-14-5-2-1-4-11(14)10-23-17-13(9-19)12(8-16(21)20-17)15-6-3-7-22-15/h1-7,12H,8,10H2,(H,20,21). The Bertz CT molecular complexity index is 793. The lowest BCUT2D eigenvalue weighted by Gasteiger charge is -2.23. The number of allylic oxidation sites excluding steroid dienone is 1. The van der Waals surface area contributed by atoms with Crippen LogP contribution in [0.3, 0.4) is 0 Å². The minimum Gasteiger partial charge on any atom is -0.469 e. The summed E-state index contributed by atoms with van der Waals surface area (Å²) in [6, 6.07) is 13.3. The molecule has 23 heavy (non-hydrogen) atoms. The van der Waals surface area contributed by atoms with Gasteiger partial charge < -0.3 is 9.73 Å². The van der Waals surface area contributed by atoms with Crippen LogP contribution in [-0.2, 0) is 10.5 Å². The highest BCUT2D eigenvalue weighted by Gasteiger charge is 2.31. The lowest BCUT2D eigenvalue weighted by atomic mass is 9.92. The fraction of sp³-hybridized carbons (Fsp3) is 0.176. The highest BCUT2D eigenvalue weighted by molar-refractivity contribution is 8.02. The maximum Gasteiger partial charge on any atom is 0.225 e. The molecule has 4 nitrogen and oxygen atoms in total. The maximum atomic E-state index is 12.0. The molecule has 1 unspecified atom stereocenters. The van der Waals surface area contributed by atoms with Crippen LogP contribution in [0.25, 0.3) is 0 Å². The Balaban J connectivity index is 1.87. The number of benzene rings is 1. The molecule has 0 saturated heterocycles. The number of hydrogen-bond donors (Lipinski definition) is 1. The quantitative estimate of drug-likeness (QED) is 0.902. The molecular formula is C17H13ClN2O2S. The minimum absolute atomic E-state index is 0.118. The van der Waals surface area contributed by atoms with E-state index in [1.54, 1.807) is 18.4 Å². The van der Waals surface area contributed by atoms with Gasteiger partial charge in [0.25, 0.3) is 0 Å². The molecule has 1 aromatic carbocycles. The number of amides is 1. The summed E-state index contributed by atoms with van der Waals surface area (Å²) < 4.78 is 5.39. The van der Waals surface area contributed by atoms with Gasteiger partial charge in [-0.25, -0.2) is 0 Å². The van der Waals surface area contributed by atoms with Crippen LogP contribution >= 0.6 is 23.4 Å². The van der Waals surface area contributed by atoms with Gasteiger partial charge in [0.05, 0.1) is 28.9 Å². The molecule has 1 amide bonds. The lowest BCUT2D eigenvalue weighted by Crippen LogP contribution is -2.30. The normalized spacial score (nSPS) is 17.7. The number of furan rings is 1. The van der Waals surface area contributed by atoms with Gasteiger partial charge in [-0.05, 0) is 23.8 Å². The van der Waals surface area contributed by atoms with E-state index >= 15 is 0 Å². The van der Waals surface area contributed by atoms with Crippen molar-refractivity contribution in [1.82, 2.24) is 5.32 Å². The fourth-order valence-electron chi connectivity index (χ4n) is 2.43. The summed E-state index contributed by atoms with van der Waals surface area (Å²) in [5.41, 5.74) is 1.48.